The molecule has 144 valence electrons. The Morgan fingerprint density at radius 3 is 1.67 bits per heavy atom. The van der Waals surface area contributed by atoms with Crippen molar-refractivity contribution < 1.29 is 4.74 Å². The summed E-state index contributed by atoms with van der Waals surface area (Å²) < 4.78 is 5.18. The van der Waals surface area contributed by atoms with Gasteiger partial charge in [-0.2, -0.15) is 0 Å². The van der Waals surface area contributed by atoms with Gasteiger partial charge in [-0.15, -0.1) is 0 Å². The lowest BCUT2D eigenvalue weighted by Gasteiger charge is -2.24. The minimum atomic E-state index is 0.884. The second-order valence-corrected chi connectivity index (χ2v) is 6.78. The van der Waals surface area contributed by atoms with Crippen molar-refractivity contribution in [1.29, 1.82) is 0 Å². The molecule has 0 saturated heterocycles. The summed E-state index contributed by atoms with van der Waals surface area (Å²) in [6, 6.07) is 17.0. The zero-order valence-corrected chi connectivity index (χ0v) is 17.0. The number of anilines is 1. The van der Waals surface area contributed by atoms with Crippen LogP contribution in [0.4, 0.5) is 5.69 Å². The molecule has 0 radical (unpaired) electrons. The Morgan fingerprint density at radius 1 is 0.741 bits per heavy atom. The molecule has 0 bridgehead atoms. The van der Waals surface area contributed by atoms with E-state index in [0.29, 0.717) is 0 Å². The predicted octanol–water partition coefficient (Wildman–Crippen LogP) is 6.83. The molecule has 0 aromatic heterocycles. The topological polar surface area (TPSA) is 12.5 Å². The number of hydrogen-bond donors (Lipinski definition) is 0. The van der Waals surface area contributed by atoms with Gasteiger partial charge in [-0.05, 0) is 48.2 Å². The largest absolute Gasteiger partial charge is 0.497 e. The van der Waals surface area contributed by atoms with Gasteiger partial charge in [0.05, 0.1) is 7.11 Å². The van der Waals surface area contributed by atoms with E-state index in [4.69, 9.17) is 4.74 Å². The summed E-state index contributed by atoms with van der Waals surface area (Å²) in [7, 11) is 1.69. The van der Waals surface area contributed by atoms with E-state index in [-0.39, 0.29) is 0 Å². The molecule has 0 heterocycles. The molecule has 0 amide bonds. The second-order valence-electron chi connectivity index (χ2n) is 6.78. The molecule has 27 heavy (non-hydrogen) atoms. The molecule has 0 aliphatic carbocycles. The zero-order chi connectivity index (χ0) is 19.3. The van der Waals surface area contributed by atoms with Crippen molar-refractivity contribution in [2.24, 2.45) is 0 Å². The molecule has 0 fully saturated rings. The molecule has 0 saturated carbocycles. The van der Waals surface area contributed by atoms with E-state index in [2.05, 4.69) is 79.4 Å². The number of benzene rings is 2. The molecule has 0 atom stereocenters. The minimum absolute atomic E-state index is 0.884. The first kappa shape index (κ1) is 20.8. The van der Waals surface area contributed by atoms with Crippen LogP contribution in [0.2, 0.25) is 0 Å². The normalized spacial score (nSPS) is 11.4. The zero-order valence-electron chi connectivity index (χ0n) is 17.0. The maximum absolute atomic E-state index is 5.18. The lowest BCUT2D eigenvalue weighted by atomic mass is 10.1. The fourth-order valence-electron chi connectivity index (χ4n) is 2.91. The number of nitrogens with zero attached hydrogens (tertiary/aromatic N) is 1. The Hall–Kier alpha value is -2.48. The number of allylic oxidation sites excluding steroid dienone is 2. The van der Waals surface area contributed by atoms with Crippen molar-refractivity contribution in [2.75, 3.05) is 25.1 Å². The standard InChI is InChI=1S/C25H33NO/c1-4-6-20-26(21-7-5-2)24-16-12-22(13-17-24)10-8-9-11-23-14-18-25(27-3)19-15-23/h8-19H,4-7,20-21H2,1-3H3. The molecule has 0 unspecified atom stereocenters. The Kier molecular flexibility index (Phi) is 9.26. The Morgan fingerprint density at radius 2 is 1.22 bits per heavy atom. The van der Waals surface area contributed by atoms with Crippen molar-refractivity contribution in [3.8, 4) is 5.75 Å². The highest BCUT2D eigenvalue weighted by Crippen LogP contribution is 2.18. The monoisotopic (exact) mass is 363 g/mol. The molecule has 0 aliphatic rings. The molecule has 2 heteroatoms. The van der Waals surface area contributed by atoms with Crippen molar-refractivity contribution in [2.45, 2.75) is 39.5 Å². The van der Waals surface area contributed by atoms with Gasteiger partial charge in [0.1, 0.15) is 5.75 Å². The average molecular weight is 364 g/mol. The SMILES string of the molecule is CCCCN(CCCC)c1ccc(C=CC=Cc2ccc(OC)cc2)cc1. The van der Waals surface area contributed by atoms with Crippen molar-refractivity contribution in [1.82, 2.24) is 0 Å². The van der Waals surface area contributed by atoms with Crippen LogP contribution < -0.4 is 9.64 Å². The van der Waals surface area contributed by atoms with Crippen molar-refractivity contribution in [3.63, 3.8) is 0 Å². The van der Waals surface area contributed by atoms with E-state index in [9.17, 15) is 0 Å². The molecule has 2 aromatic carbocycles. The van der Waals surface area contributed by atoms with E-state index in [1.165, 1.54) is 42.5 Å². The van der Waals surface area contributed by atoms with Crippen LogP contribution in [0, 0.1) is 0 Å². The Bertz CT molecular complexity index is 690. The number of rotatable bonds is 11. The Labute approximate surface area is 165 Å². The molecule has 2 aromatic rings. The molecule has 0 aliphatic heterocycles. The molecular formula is C25H33NO. The summed E-state index contributed by atoms with van der Waals surface area (Å²) in [5.74, 6) is 0.884. The van der Waals surface area contributed by atoms with Crippen LogP contribution in [0.5, 0.6) is 5.75 Å². The summed E-state index contributed by atoms with van der Waals surface area (Å²) >= 11 is 0. The minimum Gasteiger partial charge on any atom is -0.497 e. The number of methoxy groups -OCH3 is 1. The van der Waals surface area contributed by atoms with Crippen molar-refractivity contribution in [3.05, 3.63) is 71.8 Å². The highest BCUT2D eigenvalue weighted by atomic mass is 16.5. The molecule has 2 nitrogen and oxygen atoms in total. The summed E-state index contributed by atoms with van der Waals surface area (Å²) in [5.41, 5.74) is 3.73. The highest BCUT2D eigenvalue weighted by Gasteiger charge is 2.04. The maximum Gasteiger partial charge on any atom is 0.118 e. The number of hydrogen-bond acceptors (Lipinski definition) is 2. The van der Waals surface area contributed by atoms with Gasteiger partial charge in [0, 0.05) is 18.8 Å². The maximum atomic E-state index is 5.18. The quantitative estimate of drug-likeness (QED) is 0.406. The first-order chi connectivity index (χ1) is 13.3. The van der Waals surface area contributed by atoms with Crippen LogP contribution in [0.1, 0.15) is 50.7 Å². The van der Waals surface area contributed by atoms with Gasteiger partial charge in [0.15, 0.2) is 0 Å². The fraction of sp³-hybridized carbons (Fsp3) is 0.360. The summed E-state index contributed by atoms with van der Waals surface area (Å²) in [6.07, 6.45) is 13.4. The van der Waals surface area contributed by atoms with Gasteiger partial charge in [0.2, 0.25) is 0 Å². The van der Waals surface area contributed by atoms with Gasteiger partial charge in [0.25, 0.3) is 0 Å². The van der Waals surface area contributed by atoms with Gasteiger partial charge in [-0.3, -0.25) is 0 Å². The van der Waals surface area contributed by atoms with Crippen LogP contribution in [0.15, 0.2) is 60.7 Å². The molecular weight excluding hydrogens is 330 g/mol. The van der Waals surface area contributed by atoms with Gasteiger partial charge in [-0.1, -0.05) is 75.3 Å². The van der Waals surface area contributed by atoms with Crippen LogP contribution >= 0.6 is 0 Å². The molecule has 0 spiro atoms. The lowest BCUT2D eigenvalue weighted by Crippen LogP contribution is -2.25. The third kappa shape index (κ3) is 7.34. The fourth-order valence-corrected chi connectivity index (χ4v) is 2.91. The van der Waals surface area contributed by atoms with E-state index in [1.807, 2.05) is 12.1 Å². The lowest BCUT2D eigenvalue weighted by molar-refractivity contribution is 0.415. The van der Waals surface area contributed by atoms with Crippen molar-refractivity contribution >= 4 is 17.8 Å². The first-order valence-electron chi connectivity index (χ1n) is 10.1. The van der Waals surface area contributed by atoms with Gasteiger partial charge >= 0.3 is 0 Å². The average Bonchev–Trinajstić information content (AvgIpc) is 2.72. The molecule has 2 rings (SSSR count). The number of unbranched alkanes of at least 4 members (excludes halogenated alkanes) is 2. The van der Waals surface area contributed by atoms with Crippen LogP contribution in [0.25, 0.3) is 12.2 Å². The van der Waals surface area contributed by atoms with E-state index in [1.54, 1.807) is 7.11 Å². The highest BCUT2D eigenvalue weighted by molar-refractivity contribution is 5.60. The third-order valence-corrected chi connectivity index (χ3v) is 4.63. The first-order valence-corrected chi connectivity index (χ1v) is 10.1. The van der Waals surface area contributed by atoms with Gasteiger partial charge < -0.3 is 9.64 Å². The van der Waals surface area contributed by atoms with E-state index >= 15 is 0 Å². The Balaban J connectivity index is 1.94. The van der Waals surface area contributed by atoms with Gasteiger partial charge in [-0.25, -0.2) is 0 Å². The second kappa shape index (κ2) is 12.0. The summed E-state index contributed by atoms with van der Waals surface area (Å²) in [6.45, 7) is 6.81. The summed E-state index contributed by atoms with van der Waals surface area (Å²) in [5, 5.41) is 0. The third-order valence-electron chi connectivity index (χ3n) is 4.63. The smallest absolute Gasteiger partial charge is 0.118 e. The van der Waals surface area contributed by atoms with E-state index in [0.717, 1.165) is 18.8 Å². The van der Waals surface area contributed by atoms with Crippen LogP contribution in [0.3, 0.4) is 0 Å². The number of ether oxygens (including phenoxy) is 1. The van der Waals surface area contributed by atoms with Crippen LogP contribution in [-0.4, -0.2) is 20.2 Å². The molecule has 0 N–H and O–H groups in total. The summed E-state index contributed by atoms with van der Waals surface area (Å²) in [4.78, 5) is 2.52. The van der Waals surface area contributed by atoms with E-state index < -0.39 is 0 Å². The predicted molar refractivity (Wildman–Crippen MR) is 120 cm³/mol. The van der Waals surface area contributed by atoms with Crippen LogP contribution in [-0.2, 0) is 0 Å².